The second-order valence-corrected chi connectivity index (χ2v) is 8.81. The van der Waals surface area contributed by atoms with Crippen molar-refractivity contribution in [3.05, 3.63) is 0 Å². The highest BCUT2D eigenvalue weighted by Crippen LogP contribution is 2.18. The van der Waals surface area contributed by atoms with Crippen molar-refractivity contribution in [1.29, 1.82) is 0 Å². The number of unbranched alkanes of at least 4 members (excludes halogenated alkanes) is 6. The van der Waals surface area contributed by atoms with Gasteiger partial charge in [-0.3, -0.25) is 4.79 Å². The Balaban J connectivity index is -0.000000142. The molecule has 0 unspecified atom stereocenters. The van der Waals surface area contributed by atoms with Crippen molar-refractivity contribution in [1.82, 2.24) is 0 Å². The van der Waals surface area contributed by atoms with Gasteiger partial charge in [0.1, 0.15) is 24.4 Å². The van der Waals surface area contributed by atoms with E-state index in [0.717, 1.165) is 25.7 Å². The van der Waals surface area contributed by atoms with Crippen LogP contribution in [0.4, 0.5) is 0 Å². The summed E-state index contributed by atoms with van der Waals surface area (Å²) in [7, 11) is 0. The van der Waals surface area contributed by atoms with E-state index >= 15 is 0 Å². The predicted octanol–water partition coefficient (Wildman–Crippen LogP) is -2.04. The van der Waals surface area contributed by atoms with Crippen molar-refractivity contribution >= 4 is 5.97 Å². The first-order valence-corrected chi connectivity index (χ1v) is 13.8. The van der Waals surface area contributed by atoms with E-state index in [9.17, 15) is 4.79 Å². The third-order valence-electron chi connectivity index (χ3n) is 4.85. The summed E-state index contributed by atoms with van der Waals surface area (Å²) < 4.78 is 0. The molecule has 0 radical (unpaired) electrons. The molecule has 0 heterocycles. The molecule has 0 aromatic carbocycles. The zero-order chi connectivity index (χ0) is 32.2. The number of rotatable bonds is 19. The lowest BCUT2D eigenvalue weighted by molar-refractivity contribution is -0.142. The third kappa shape index (κ3) is 49.9. The van der Waals surface area contributed by atoms with Crippen molar-refractivity contribution < 1.29 is 71.2 Å². The number of aliphatic hydroxyl groups is 12. The largest absolute Gasteiger partial charge is 0.481 e. The Kier molecular flexibility index (Phi) is 51.7. The standard InChI is InChI=1S/C14H28O2.4C3H8O3/c1-3-5-7-9-11-13(14(15)16)12-10-8-6-4-2;4*4-1-3(6)2-5/h13H,3-12H2,1-2H3,(H,15,16);4*3-6H,1-2H2. The van der Waals surface area contributed by atoms with E-state index in [1.807, 2.05) is 0 Å². The predicted molar refractivity (Wildman–Crippen MR) is 149 cm³/mol. The van der Waals surface area contributed by atoms with Crippen LogP contribution >= 0.6 is 0 Å². The van der Waals surface area contributed by atoms with Crippen LogP contribution in [0, 0.1) is 5.92 Å². The molecule has 0 amide bonds. The third-order valence-corrected chi connectivity index (χ3v) is 4.85. The number of hydrogen-bond donors (Lipinski definition) is 13. The van der Waals surface area contributed by atoms with Gasteiger partial charge in [0.2, 0.25) is 0 Å². The quantitative estimate of drug-likeness (QED) is 0.0715. The van der Waals surface area contributed by atoms with Gasteiger partial charge in [0, 0.05) is 0 Å². The highest BCUT2D eigenvalue weighted by atomic mass is 16.4. The summed E-state index contributed by atoms with van der Waals surface area (Å²) in [4.78, 5) is 11.0. The molecule has 0 aliphatic heterocycles. The van der Waals surface area contributed by atoms with Crippen LogP contribution in [-0.2, 0) is 4.79 Å². The van der Waals surface area contributed by atoms with Gasteiger partial charge in [0.05, 0.1) is 58.8 Å². The molecule has 248 valence electrons. The number of hydrogen-bond acceptors (Lipinski definition) is 13. The second-order valence-electron chi connectivity index (χ2n) is 8.81. The highest BCUT2D eigenvalue weighted by molar-refractivity contribution is 5.69. The Bertz CT molecular complexity index is 378. The van der Waals surface area contributed by atoms with Gasteiger partial charge in [0.15, 0.2) is 0 Å². The Hall–Kier alpha value is -1.01. The molecule has 0 aromatic rings. The first-order chi connectivity index (χ1) is 19.0. The topological polar surface area (TPSA) is 280 Å². The maximum absolute atomic E-state index is 11.0. The van der Waals surface area contributed by atoms with Gasteiger partial charge in [-0.25, -0.2) is 0 Å². The van der Waals surface area contributed by atoms with Crippen molar-refractivity contribution in [3.8, 4) is 0 Å². The van der Waals surface area contributed by atoms with Crippen LogP contribution in [0.25, 0.3) is 0 Å². The summed E-state index contributed by atoms with van der Waals surface area (Å²) in [6, 6.07) is 0. The fourth-order valence-electron chi connectivity index (χ4n) is 2.26. The van der Waals surface area contributed by atoms with Gasteiger partial charge in [-0.15, -0.1) is 0 Å². The maximum atomic E-state index is 11.0. The molecule has 14 heteroatoms. The van der Waals surface area contributed by atoms with Crippen molar-refractivity contribution in [2.24, 2.45) is 5.92 Å². The summed E-state index contributed by atoms with van der Waals surface area (Å²) in [5.74, 6) is -0.679. The normalized spacial score (nSPS) is 10.4. The van der Waals surface area contributed by atoms with Gasteiger partial charge >= 0.3 is 5.97 Å². The molecule has 0 saturated heterocycles. The molecule has 0 rings (SSSR count). The second kappa shape index (κ2) is 42.5. The molecule has 0 atom stereocenters. The minimum absolute atomic E-state index is 0.0892. The van der Waals surface area contributed by atoms with Crippen LogP contribution < -0.4 is 0 Å². The smallest absolute Gasteiger partial charge is 0.306 e. The monoisotopic (exact) mass is 596 g/mol. The number of carbonyl (C=O) groups is 1. The molecule has 0 bridgehead atoms. The molecule has 0 aliphatic carbocycles. The minimum Gasteiger partial charge on any atom is -0.481 e. The molecule has 0 saturated carbocycles. The molecule has 13 N–H and O–H groups in total. The van der Waals surface area contributed by atoms with Crippen LogP contribution in [-0.4, -0.2) is 150 Å². The summed E-state index contributed by atoms with van der Waals surface area (Å²) in [5, 5.41) is 105. The van der Waals surface area contributed by atoms with E-state index in [4.69, 9.17) is 66.4 Å². The SMILES string of the molecule is CCCCCCC(CCCCCC)C(=O)O.OCC(O)CO.OCC(O)CO.OCC(O)CO.OCC(O)CO. The van der Waals surface area contributed by atoms with Crippen LogP contribution in [0.1, 0.15) is 78.1 Å². The molecule has 0 spiro atoms. The van der Waals surface area contributed by atoms with Gasteiger partial charge in [0.25, 0.3) is 0 Å². The lowest BCUT2D eigenvalue weighted by atomic mass is 9.95. The van der Waals surface area contributed by atoms with Crippen LogP contribution in [0.2, 0.25) is 0 Å². The lowest BCUT2D eigenvalue weighted by Gasteiger charge is -2.11. The van der Waals surface area contributed by atoms with Crippen LogP contribution in [0.3, 0.4) is 0 Å². The van der Waals surface area contributed by atoms with E-state index in [2.05, 4.69) is 13.8 Å². The van der Waals surface area contributed by atoms with Gasteiger partial charge in [-0.1, -0.05) is 65.2 Å². The summed E-state index contributed by atoms with van der Waals surface area (Å²) in [5.41, 5.74) is 0. The first kappa shape index (κ1) is 48.7. The van der Waals surface area contributed by atoms with Gasteiger partial charge in [-0.05, 0) is 12.8 Å². The van der Waals surface area contributed by atoms with Crippen molar-refractivity contribution in [2.75, 3.05) is 52.9 Å². The van der Waals surface area contributed by atoms with E-state index in [-0.39, 0.29) is 58.8 Å². The average molecular weight is 597 g/mol. The van der Waals surface area contributed by atoms with Gasteiger partial charge < -0.3 is 66.4 Å². The highest BCUT2D eigenvalue weighted by Gasteiger charge is 2.15. The van der Waals surface area contributed by atoms with Crippen molar-refractivity contribution in [2.45, 2.75) is 102 Å². The Morgan fingerprint density at radius 3 is 0.800 bits per heavy atom. The maximum Gasteiger partial charge on any atom is 0.306 e. The summed E-state index contributed by atoms with van der Waals surface area (Å²) >= 11 is 0. The van der Waals surface area contributed by atoms with E-state index in [0.29, 0.717) is 0 Å². The number of aliphatic carboxylic acids is 1. The fourth-order valence-corrected chi connectivity index (χ4v) is 2.26. The Morgan fingerprint density at radius 1 is 0.450 bits per heavy atom. The number of aliphatic hydroxyl groups excluding tert-OH is 12. The molecule has 40 heavy (non-hydrogen) atoms. The number of carboxylic acid groups (broad SMARTS) is 1. The molecular formula is C26H60O14. The summed E-state index contributed by atoms with van der Waals surface area (Å²) in [6.07, 6.45) is 7.39. The minimum atomic E-state index is -0.954. The molecule has 14 nitrogen and oxygen atoms in total. The number of carboxylic acids is 1. The Labute approximate surface area is 238 Å². The van der Waals surface area contributed by atoms with Crippen LogP contribution in [0.5, 0.6) is 0 Å². The van der Waals surface area contributed by atoms with Gasteiger partial charge in [-0.2, -0.15) is 0 Å². The lowest BCUT2D eigenvalue weighted by Crippen LogP contribution is -2.15. The Morgan fingerprint density at radius 2 is 0.675 bits per heavy atom. The summed E-state index contributed by atoms with van der Waals surface area (Å²) in [6.45, 7) is 1.44. The molecule has 0 aliphatic rings. The van der Waals surface area contributed by atoms with Crippen molar-refractivity contribution in [3.63, 3.8) is 0 Å². The zero-order valence-electron chi connectivity index (χ0n) is 24.3. The molecule has 0 fully saturated rings. The van der Waals surface area contributed by atoms with Crippen LogP contribution in [0.15, 0.2) is 0 Å². The molecule has 0 aromatic heterocycles. The fraction of sp³-hybridized carbons (Fsp3) is 0.962. The van der Waals surface area contributed by atoms with E-state index in [1.165, 1.54) is 38.5 Å². The average Bonchev–Trinajstić information content (AvgIpc) is 2.99. The van der Waals surface area contributed by atoms with E-state index < -0.39 is 30.4 Å². The molecular weight excluding hydrogens is 536 g/mol. The first-order valence-electron chi connectivity index (χ1n) is 13.8. The zero-order valence-corrected chi connectivity index (χ0v) is 24.3. The van der Waals surface area contributed by atoms with E-state index in [1.54, 1.807) is 0 Å².